The number of H-pyrrole nitrogens is 1. The molecule has 1 aromatic heterocycles. The summed E-state index contributed by atoms with van der Waals surface area (Å²) in [5, 5.41) is 3.42. The van der Waals surface area contributed by atoms with Crippen LogP contribution in [0.2, 0.25) is 0 Å². The van der Waals surface area contributed by atoms with Gasteiger partial charge in [-0.1, -0.05) is 6.07 Å². The van der Waals surface area contributed by atoms with Gasteiger partial charge in [-0.05, 0) is 50.5 Å². The molecular weight excluding hydrogens is 296 g/mol. The molecule has 122 valence electrons. The number of nitrogens with one attached hydrogen (secondary N) is 2. The van der Waals surface area contributed by atoms with E-state index in [-0.39, 0.29) is 18.7 Å². The zero-order valence-corrected chi connectivity index (χ0v) is 13.5. The van der Waals surface area contributed by atoms with E-state index in [2.05, 4.69) is 15.0 Å². The van der Waals surface area contributed by atoms with Crippen molar-refractivity contribution >= 4 is 22.8 Å². The number of ether oxygens (including phenoxy) is 1. The highest BCUT2D eigenvalue weighted by Crippen LogP contribution is 2.18. The first-order valence-corrected chi connectivity index (χ1v) is 7.50. The Bertz CT molecular complexity index is 808. The average Bonchev–Trinajstić information content (AvgIpc) is 2.48. The fraction of sp³-hybridized carbons (Fsp3) is 0.353. The fourth-order valence-electron chi connectivity index (χ4n) is 2.48. The SMILES string of the molecule is CCOC(=O)C(=O)NCCc1cc2c(C)cc(C)cc2[nH]c1=O. The second-order valence-corrected chi connectivity index (χ2v) is 5.39. The molecule has 2 aromatic rings. The van der Waals surface area contributed by atoms with Crippen molar-refractivity contribution in [3.63, 3.8) is 0 Å². The highest BCUT2D eigenvalue weighted by atomic mass is 16.5. The molecule has 6 nitrogen and oxygen atoms in total. The maximum Gasteiger partial charge on any atom is 0.396 e. The second-order valence-electron chi connectivity index (χ2n) is 5.39. The Morgan fingerprint density at radius 1 is 1.22 bits per heavy atom. The molecule has 0 aliphatic heterocycles. The molecule has 2 N–H and O–H groups in total. The first-order chi connectivity index (χ1) is 10.9. The molecular formula is C17H20N2O4. The van der Waals surface area contributed by atoms with Crippen molar-refractivity contribution in [3.05, 3.63) is 45.2 Å². The Balaban J connectivity index is 2.12. The predicted octanol–water partition coefficient (Wildman–Crippen LogP) is 1.37. The number of hydrogen-bond donors (Lipinski definition) is 2. The van der Waals surface area contributed by atoms with Crippen LogP contribution in [0.25, 0.3) is 10.9 Å². The van der Waals surface area contributed by atoms with Crippen LogP contribution in [-0.2, 0) is 20.7 Å². The van der Waals surface area contributed by atoms with Crippen molar-refractivity contribution in [1.82, 2.24) is 10.3 Å². The van der Waals surface area contributed by atoms with Crippen molar-refractivity contribution < 1.29 is 14.3 Å². The van der Waals surface area contributed by atoms with Gasteiger partial charge < -0.3 is 15.0 Å². The minimum absolute atomic E-state index is 0.148. The summed E-state index contributed by atoms with van der Waals surface area (Å²) in [6, 6.07) is 5.81. The Kier molecular flexibility index (Phi) is 5.16. The summed E-state index contributed by atoms with van der Waals surface area (Å²) in [4.78, 5) is 37.6. The third-order valence-electron chi connectivity index (χ3n) is 3.53. The van der Waals surface area contributed by atoms with E-state index in [0.717, 1.165) is 22.0 Å². The minimum atomic E-state index is -0.911. The lowest BCUT2D eigenvalue weighted by Crippen LogP contribution is -2.34. The van der Waals surface area contributed by atoms with Crippen LogP contribution in [-0.4, -0.2) is 30.0 Å². The molecule has 0 saturated carbocycles. The van der Waals surface area contributed by atoms with Crippen molar-refractivity contribution in [3.8, 4) is 0 Å². The van der Waals surface area contributed by atoms with Crippen LogP contribution in [0.4, 0.5) is 0 Å². The Hall–Kier alpha value is -2.63. The van der Waals surface area contributed by atoms with E-state index in [1.807, 2.05) is 32.0 Å². The van der Waals surface area contributed by atoms with Gasteiger partial charge >= 0.3 is 11.9 Å². The van der Waals surface area contributed by atoms with E-state index >= 15 is 0 Å². The minimum Gasteiger partial charge on any atom is -0.459 e. The normalized spacial score (nSPS) is 10.6. The number of amides is 1. The maximum absolute atomic E-state index is 12.1. The van der Waals surface area contributed by atoms with Crippen LogP contribution in [0.15, 0.2) is 23.0 Å². The summed E-state index contributed by atoms with van der Waals surface area (Å²) in [6.07, 6.45) is 0.337. The van der Waals surface area contributed by atoms with Crippen molar-refractivity contribution in [2.45, 2.75) is 27.2 Å². The number of aromatic nitrogens is 1. The summed E-state index contributed by atoms with van der Waals surface area (Å²) in [7, 11) is 0. The molecule has 0 unspecified atom stereocenters. The molecule has 6 heteroatoms. The fourth-order valence-corrected chi connectivity index (χ4v) is 2.48. The second kappa shape index (κ2) is 7.09. The van der Waals surface area contributed by atoms with Crippen LogP contribution in [0.1, 0.15) is 23.6 Å². The standard InChI is InChI=1S/C17H20N2O4/c1-4-23-17(22)16(21)18-6-5-12-9-13-11(3)7-10(2)8-14(13)19-15(12)20/h7-9H,4-6H2,1-3H3,(H,18,21)(H,19,20). The zero-order chi connectivity index (χ0) is 17.0. The summed E-state index contributed by atoms with van der Waals surface area (Å²) < 4.78 is 4.60. The van der Waals surface area contributed by atoms with Gasteiger partial charge in [0, 0.05) is 23.0 Å². The van der Waals surface area contributed by atoms with Gasteiger partial charge in [0.05, 0.1) is 6.61 Å². The number of benzene rings is 1. The van der Waals surface area contributed by atoms with Crippen molar-refractivity contribution in [2.24, 2.45) is 0 Å². The number of aromatic amines is 1. The van der Waals surface area contributed by atoms with Crippen LogP contribution >= 0.6 is 0 Å². The zero-order valence-electron chi connectivity index (χ0n) is 13.5. The number of hydrogen-bond acceptors (Lipinski definition) is 4. The number of esters is 1. The van der Waals surface area contributed by atoms with E-state index in [1.54, 1.807) is 6.92 Å². The number of carbonyl (C=O) groups is 2. The van der Waals surface area contributed by atoms with Gasteiger partial charge in [0.2, 0.25) is 0 Å². The molecule has 1 amide bonds. The first kappa shape index (κ1) is 16.7. The lowest BCUT2D eigenvalue weighted by Gasteiger charge is -2.08. The molecule has 0 aliphatic rings. The van der Waals surface area contributed by atoms with Gasteiger partial charge in [-0.15, -0.1) is 0 Å². The van der Waals surface area contributed by atoms with E-state index in [1.165, 1.54) is 0 Å². The number of rotatable bonds is 4. The van der Waals surface area contributed by atoms with Gasteiger partial charge in [0.1, 0.15) is 0 Å². The number of fused-ring (bicyclic) bond motifs is 1. The molecule has 23 heavy (non-hydrogen) atoms. The molecule has 0 radical (unpaired) electrons. The highest BCUT2D eigenvalue weighted by molar-refractivity contribution is 6.32. The third-order valence-corrected chi connectivity index (χ3v) is 3.53. The summed E-state index contributed by atoms with van der Waals surface area (Å²) >= 11 is 0. The Morgan fingerprint density at radius 3 is 2.65 bits per heavy atom. The summed E-state index contributed by atoms with van der Waals surface area (Å²) in [5.74, 6) is -1.71. The predicted molar refractivity (Wildman–Crippen MR) is 87.4 cm³/mol. The molecule has 2 rings (SSSR count). The van der Waals surface area contributed by atoms with E-state index in [9.17, 15) is 14.4 Å². The molecule has 0 spiro atoms. The topological polar surface area (TPSA) is 88.3 Å². The van der Waals surface area contributed by atoms with E-state index in [4.69, 9.17) is 0 Å². The molecule has 0 saturated heterocycles. The van der Waals surface area contributed by atoms with E-state index < -0.39 is 11.9 Å². The molecule has 1 heterocycles. The lowest BCUT2D eigenvalue weighted by atomic mass is 10.0. The van der Waals surface area contributed by atoms with Gasteiger partial charge in [-0.3, -0.25) is 9.59 Å². The van der Waals surface area contributed by atoms with Crippen molar-refractivity contribution in [1.29, 1.82) is 0 Å². The van der Waals surface area contributed by atoms with Crippen LogP contribution in [0.3, 0.4) is 0 Å². The van der Waals surface area contributed by atoms with Crippen LogP contribution < -0.4 is 10.9 Å². The summed E-state index contributed by atoms with van der Waals surface area (Å²) in [5.41, 5.74) is 3.33. The smallest absolute Gasteiger partial charge is 0.396 e. The van der Waals surface area contributed by atoms with Gasteiger partial charge in [0.15, 0.2) is 0 Å². The third kappa shape index (κ3) is 3.97. The largest absolute Gasteiger partial charge is 0.459 e. The molecule has 0 fully saturated rings. The number of aryl methyl sites for hydroxylation is 2. The van der Waals surface area contributed by atoms with Crippen molar-refractivity contribution in [2.75, 3.05) is 13.2 Å². The van der Waals surface area contributed by atoms with Crippen LogP contribution in [0, 0.1) is 13.8 Å². The molecule has 0 bridgehead atoms. The Labute approximate surface area is 133 Å². The van der Waals surface area contributed by atoms with Gasteiger partial charge in [-0.25, -0.2) is 4.79 Å². The summed E-state index contributed by atoms with van der Waals surface area (Å²) in [6.45, 7) is 5.93. The Morgan fingerprint density at radius 2 is 1.96 bits per heavy atom. The van der Waals surface area contributed by atoms with Crippen LogP contribution in [0.5, 0.6) is 0 Å². The van der Waals surface area contributed by atoms with Gasteiger partial charge in [0.25, 0.3) is 5.56 Å². The maximum atomic E-state index is 12.1. The lowest BCUT2D eigenvalue weighted by molar-refractivity contribution is -0.154. The highest BCUT2D eigenvalue weighted by Gasteiger charge is 2.14. The molecule has 0 atom stereocenters. The molecule has 0 aliphatic carbocycles. The number of carbonyl (C=O) groups excluding carboxylic acids is 2. The van der Waals surface area contributed by atoms with E-state index in [0.29, 0.717) is 12.0 Å². The number of pyridine rings is 1. The monoisotopic (exact) mass is 316 g/mol. The quantitative estimate of drug-likeness (QED) is 0.658. The molecule has 1 aromatic carbocycles. The first-order valence-electron chi connectivity index (χ1n) is 7.50. The average molecular weight is 316 g/mol. The van der Waals surface area contributed by atoms with Gasteiger partial charge in [-0.2, -0.15) is 0 Å².